The number of nitrogen functional groups attached to an aromatic ring is 1. The first-order valence-corrected chi connectivity index (χ1v) is 15.7. The van der Waals surface area contributed by atoms with Crippen LogP contribution in [0, 0.1) is 23.0 Å². The summed E-state index contributed by atoms with van der Waals surface area (Å²) < 4.78 is 88.5. The van der Waals surface area contributed by atoms with Gasteiger partial charge in [-0.2, -0.15) is 24.0 Å². The molecular weight excluding hydrogens is 655 g/mol. The van der Waals surface area contributed by atoms with Gasteiger partial charge < -0.3 is 24.8 Å². The number of halogens is 6. The van der Waals surface area contributed by atoms with Gasteiger partial charge in [-0.05, 0) is 31.0 Å². The second-order valence-electron chi connectivity index (χ2n) is 11.5. The first kappa shape index (κ1) is 30.9. The third-order valence-electron chi connectivity index (χ3n) is 8.88. The van der Waals surface area contributed by atoms with Gasteiger partial charge >= 0.3 is 12.6 Å². The van der Waals surface area contributed by atoms with E-state index < -0.39 is 30.0 Å². The highest BCUT2D eigenvalue weighted by molar-refractivity contribution is 7.23. The zero-order chi connectivity index (χ0) is 32.3. The molecule has 2 atom stereocenters. The fraction of sp³-hybridized carbons (Fsp3) is 0.433. The lowest BCUT2D eigenvalue weighted by Gasteiger charge is -2.31. The summed E-state index contributed by atoms with van der Waals surface area (Å²) in [4.78, 5) is 12.6. The maximum atomic E-state index is 16.9. The normalized spacial score (nSPS) is 21.2. The molecule has 2 N–H and O–H groups in total. The van der Waals surface area contributed by atoms with E-state index in [1.807, 2.05) is 11.0 Å². The number of thiophene rings is 1. The van der Waals surface area contributed by atoms with Crippen molar-refractivity contribution in [2.75, 3.05) is 56.6 Å². The van der Waals surface area contributed by atoms with E-state index in [1.165, 1.54) is 6.07 Å². The van der Waals surface area contributed by atoms with Crippen LogP contribution in [0.25, 0.3) is 32.1 Å². The van der Waals surface area contributed by atoms with Crippen LogP contribution >= 0.6 is 22.9 Å². The minimum atomic E-state index is -2.99. The van der Waals surface area contributed by atoms with E-state index in [9.17, 15) is 22.8 Å². The van der Waals surface area contributed by atoms with Gasteiger partial charge in [-0.3, -0.25) is 4.90 Å². The van der Waals surface area contributed by atoms with Gasteiger partial charge in [-0.15, -0.1) is 11.3 Å². The molecule has 9 nitrogen and oxygen atoms in total. The molecule has 0 amide bonds. The van der Waals surface area contributed by atoms with E-state index in [4.69, 9.17) is 26.8 Å². The standard InChI is InChI=1S/C30H26ClF5N6O3S/c31-21-19(15-2-3-17(33)25-18(15)16(11-37)26(38)46-25)22(34)23-20-24(21)43-8-6-41(7-9-44-28(35)36)27(20)40-29(39-23)45-13-30-4-1-5-42(30)12-14(32)10-30/h2-3,14,28H,1,4-10,12-13,38H2/t14-,30+/m1/s1. The van der Waals surface area contributed by atoms with Crippen LogP contribution in [-0.2, 0) is 4.74 Å². The van der Waals surface area contributed by atoms with Crippen molar-refractivity contribution in [2.24, 2.45) is 0 Å². The van der Waals surface area contributed by atoms with Crippen molar-refractivity contribution in [1.82, 2.24) is 14.9 Å². The second-order valence-corrected chi connectivity index (χ2v) is 12.9. The minimum absolute atomic E-state index is 0.00472. The number of rotatable bonds is 8. The molecule has 2 saturated heterocycles. The summed E-state index contributed by atoms with van der Waals surface area (Å²) in [7, 11) is 0. The number of ether oxygens (including phenoxy) is 3. The van der Waals surface area contributed by atoms with Gasteiger partial charge in [-0.1, -0.05) is 17.7 Å². The van der Waals surface area contributed by atoms with Crippen LogP contribution in [0.3, 0.4) is 0 Å². The fourth-order valence-electron chi connectivity index (χ4n) is 6.89. The number of nitrogens with zero attached hydrogens (tertiary/aromatic N) is 5. The van der Waals surface area contributed by atoms with Gasteiger partial charge in [0.05, 0.1) is 39.4 Å². The predicted octanol–water partition coefficient (Wildman–Crippen LogP) is 6.29. The Bertz CT molecular complexity index is 1910. The zero-order valence-corrected chi connectivity index (χ0v) is 25.7. The van der Waals surface area contributed by atoms with Crippen molar-refractivity contribution in [2.45, 2.75) is 37.6 Å². The van der Waals surface area contributed by atoms with Crippen LogP contribution < -0.4 is 20.1 Å². The number of alkyl halides is 3. The summed E-state index contributed by atoms with van der Waals surface area (Å²) in [6, 6.07) is 4.19. The van der Waals surface area contributed by atoms with Crippen molar-refractivity contribution in [3.8, 4) is 29.0 Å². The molecule has 0 unspecified atom stereocenters. The zero-order valence-electron chi connectivity index (χ0n) is 24.1. The van der Waals surface area contributed by atoms with Crippen molar-refractivity contribution in [1.29, 1.82) is 5.26 Å². The predicted molar refractivity (Wildman–Crippen MR) is 163 cm³/mol. The number of nitrogens with two attached hydrogens (primary N) is 1. The molecule has 3 aliphatic rings. The molecular formula is C30H26ClF5N6O3S. The monoisotopic (exact) mass is 680 g/mol. The highest BCUT2D eigenvalue weighted by Crippen LogP contribution is 2.51. The summed E-state index contributed by atoms with van der Waals surface area (Å²) >= 11 is 7.72. The summed E-state index contributed by atoms with van der Waals surface area (Å²) in [6.07, 6.45) is 0.860. The quantitative estimate of drug-likeness (QED) is 0.215. The average molecular weight is 681 g/mol. The maximum absolute atomic E-state index is 16.9. The van der Waals surface area contributed by atoms with Crippen molar-refractivity contribution >= 4 is 54.7 Å². The van der Waals surface area contributed by atoms with Crippen LogP contribution in [0.15, 0.2) is 12.1 Å². The molecule has 0 saturated carbocycles. The van der Waals surface area contributed by atoms with Crippen molar-refractivity contribution in [3.63, 3.8) is 0 Å². The van der Waals surface area contributed by atoms with Crippen molar-refractivity contribution in [3.05, 3.63) is 34.4 Å². The molecule has 2 aromatic carbocycles. The Kier molecular flexibility index (Phi) is 7.95. The van der Waals surface area contributed by atoms with Crippen LogP contribution in [0.4, 0.5) is 32.8 Å². The third-order valence-corrected chi connectivity index (χ3v) is 10.3. The number of anilines is 2. The van der Waals surface area contributed by atoms with E-state index in [0.29, 0.717) is 13.0 Å². The molecule has 0 spiro atoms. The molecule has 5 heterocycles. The van der Waals surface area contributed by atoms with Crippen LogP contribution in [-0.4, -0.2) is 79.2 Å². The smallest absolute Gasteiger partial charge is 0.345 e. The Morgan fingerprint density at radius 2 is 2.07 bits per heavy atom. The average Bonchev–Trinajstić information content (AvgIpc) is 3.62. The van der Waals surface area contributed by atoms with Gasteiger partial charge in [0.25, 0.3) is 0 Å². The molecule has 242 valence electrons. The van der Waals surface area contributed by atoms with E-state index in [0.717, 1.165) is 30.4 Å². The molecule has 46 heavy (non-hydrogen) atoms. The summed E-state index contributed by atoms with van der Waals surface area (Å²) in [5.41, 5.74) is 5.08. The molecule has 0 bridgehead atoms. The summed E-state index contributed by atoms with van der Waals surface area (Å²) in [6.45, 7) is -2.20. The molecule has 2 aromatic heterocycles. The van der Waals surface area contributed by atoms with Crippen LogP contribution in [0.5, 0.6) is 11.8 Å². The van der Waals surface area contributed by atoms with Crippen molar-refractivity contribution < 1.29 is 36.2 Å². The number of fused-ring (bicyclic) bond motifs is 2. The summed E-state index contributed by atoms with van der Waals surface area (Å²) in [5, 5.41) is 9.87. The topological polar surface area (TPSA) is 110 Å². The Balaban J connectivity index is 1.42. The van der Waals surface area contributed by atoms with E-state index >= 15 is 4.39 Å². The molecule has 0 aliphatic carbocycles. The number of aromatic nitrogens is 2. The Hall–Kier alpha value is -3.71. The number of benzene rings is 2. The van der Waals surface area contributed by atoms with E-state index in [-0.39, 0.29) is 105 Å². The molecule has 2 fully saturated rings. The maximum Gasteiger partial charge on any atom is 0.345 e. The SMILES string of the molecule is N#Cc1c(N)sc2c(F)ccc(-c3c(Cl)c4c5c(nc(OC[C@@]67CCCN6C[C@H](F)C7)nc5c3F)N(CCOC(F)F)CCO4)c12. The van der Waals surface area contributed by atoms with Gasteiger partial charge in [0.2, 0.25) is 0 Å². The van der Waals surface area contributed by atoms with Crippen LogP contribution in [0.1, 0.15) is 24.8 Å². The lowest BCUT2D eigenvalue weighted by atomic mass is 9.95. The van der Waals surface area contributed by atoms with Gasteiger partial charge in [-0.25, -0.2) is 13.2 Å². The minimum Gasteiger partial charge on any atom is -0.489 e. The first-order valence-electron chi connectivity index (χ1n) is 14.5. The Morgan fingerprint density at radius 3 is 2.85 bits per heavy atom. The number of hydrogen-bond donors (Lipinski definition) is 1. The number of nitriles is 1. The summed E-state index contributed by atoms with van der Waals surface area (Å²) in [5.74, 6) is -1.44. The lowest BCUT2D eigenvalue weighted by Crippen LogP contribution is -2.43. The van der Waals surface area contributed by atoms with Crippen LogP contribution in [0.2, 0.25) is 5.02 Å². The second kappa shape index (κ2) is 11.8. The Morgan fingerprint density at radius 1 is 1.24 bits per heavy atom. The Labute approximate surface area is 268 Å². The highest BCUT2D eigenvalue weighted by Gasteiger charge is 2.49. The van der Waals surface area contributed by atoms with Gasteiger partial charge in [0.1, 0.15) is 47.6 Å². The van der Waals surface area contributed by atoms with Gasteiger partial charge in [0, 0.05) is 30.5 Å². The molecule has 16 heteroatoms. The third kappa shape index (κ3) is 5.02. The largest absolute Gasteiger partial charge is 0.489 e. The van der Waals surface area contributed by atoms with E-state index in [2.05, 4.69) is 14.7 Å². The molecule has 0 radical (unpaired) electrons. The molecule has 7 rings (SSSR count). The lowest BCUT2D eigenvalue weighted by molar-refractivity contribution is -0.126. The highest BCUT2D eigenvalue weighted by atomic mass is 35.5. The van der Waals surface area contributed by atoms with E-state index in [1.54, 1.807) is 4.90 Å². The number of hydrogen-bond acceptors (Lipinski definition) is 10. The molecule has 3 aliphatic heterocycles. The molecule has 4 aromatic rings. The first-order chi connectivity index (χ1) is 22.1. The fourth-order valence-corrected chi connectivity index (χ4v) is 8.17. The van der Waals surface area contributed by atoms with Gasteiger partial charge in [0.15, 0.2) is 11.6 Å².